The Hall–Kier alpha value is -2.38. The van der Waals surface area contributed by atoms with Gasteiger partial charge in [0.25, 0.3) is 0 Å². The molecule has 0 saturated heterocycles. The summed E-state index contributed by atoms with van der Waals surface area (Å²) in [4.78, 5) is 12.1. The quantitative estimate of drug-likeness (QED) is 0.646. The van der Waals surface area contributed by atoms with Crippen molar-refractivity contribution in [1.29, 1.82) is 0 Å². The van der Waals surface area contributed by atoms with E-state index in [-0.39, 0.29) is 5.91 Å². The Morgan fingerprint density at radius 2 is 2.00 bits per heavy atom. The van der Waals surface area contributed by atoms with Gasteiger partial charge in [0.15, 0.2) is 0 Å². The maximum atomic E-state index is 12.1. The molecule has 0 fully saturated rings. The van der Waals surface area contributed by atoms with Crippen LogP contribution in [-0.4, -0.2) is 31.9 Å². The van der Waals surface area contributed by atoms with Gasteiger partial charge in [-0.3, -0.25) is 4.79 Å². The molecule has 8 heteroatoms. The summed E-state index contributed by atoms with van der Waals surface area (Å²) in [5, 5.41) is 16.0. The van der Waals surface area contributed by atoms with Crippen LogP contribution < -0.4 is 5.32 Å². The predicted octanol–water partition coefficient (Wildman–Crippen LogP) is 4.05. The average Bonchev–Trinajstić information content (AvgIpc) is 3.07. The van der Waals surface area contributed by atoms with Crippen LogP contribution in [0.3, 0.4) is 0 Å². The molecular weight excluding hydrogens is 370 g/mol. The van der Waals surface area contributed by atoms with Crippen molar-refractivity contribution in [3.63, 3.8) is 0 Å². The van der Waals surface area contributed by atoms with Crippen molar-refractivity contribution < 1.29 is 4.79 Å². The van der Waals surface area contributed by atoms with Gasteiger partial charge in [0.1, 0.15) is 0 Å². The first-order chi connectivity index (χ1) is 12.5. The molecule has 0 aliphatic heterocycles. The Balaban J connectivity index is 1.57. The minimum Gasteiger partial charge on any atom is -0.326 e. The number of halogens is 1. The Morgan fingerprint density at radius 3 is 2.77 bits per heavy atom. The highest BCUT2D eigenvalue weighted by molar-refractivity contribution is 7.99. The number of tetrazole rings is 1. The fourth-order valence-corrected chi connectivity index (χ4v) is 3.35. The van der Waals surface area contributed by atoms with Gasteiger partial charge in [-0.25, -0.2) is 0 Å². The maximum Gasteiger partial charge on any atom is 0.225 e. The van der Waals surface area contributed by atoms with E-state index in [0.717, 1.165) is 16.8 Å². The van der Waals surface area contributed by atoms with Crippen LogP contribution in [0.4, 0.5) is 5.69 Å². The summed E-state index contributed by atoms with van der Waals surface area (Å²) in [6.45, 7) is 3.93. The molecule has 1 amide bonds. The predicted molar refractivity (Wildman–Crippen MR) is 104 cm³/mol. The number of aromatic nitrogens is 4. The molecule has 3 aromatic rings. The van der Waals surface area contributed by atoms with Crippen molar-refractivity contribution in [3.05, 3.63) is 58.6 Å². The lowest BCUT2D eigenvalue weighted by Crippen LogP contribution is -2.12. The third kappa shape index (κ3) is 4.42. The van der Waals surface area contributed by atoms with E-state index in [1.807, 2.05) is 50.2 Å². The van der Waals surface area contributed by atoms with E-state index in [0.29, 0.717) is 28.0 Å². The monoisotopic (exact) mass is 387 g/mol. The smallest absolute Gasteiger partial charge is 0.225 e. The number of benzene rings is 2. The number of nitrogens with one attached hydrogen (secondary N) is 1. The molecule has 6 nitrogen and oxygen atoms in total. The standard InChI is InChI=1S/C18H18ClN5OS/c1-12-7-8-14(11-15(12)19)20-17(25)9-10-26-18-21-22-23-24(18)16-6-4-3-5-13(16)2/h3-8,11H,9-10H2,1-2H3,(H,20,25). The number of hydrogen-bond acceptors (Lipinski definition) is 5. The van der Waals surface area contributed by atoms with Gasteiger partial charge in [-0.15, -0.1) is 5.10 Å². The summed E-state index contributed by atoms with van der Waals surface area (Å²) in [5.41, 5.74) is 3.68. The minimum atomic E-state index is -0.0765. The minimum absolute atomic E-state index is 0.0765. The van der Waals surface area contributed by atoms with Gasteiger partial charge < -0.3 is 5.32 Å². The van der Waals surface area contributed by atoms with Crippen molar-refractivity contribution >= 4 is 35.0 Å². The third-order valence-corrected chi connectivity index (χ3v) is 5.13. The van der Waals surface area contributed by atoms with E-state index >= 15 is 0 Å². The number of aryl methyl sites for hydroxylation is 2. The van der Waals surface area contributed by atoms with Crippen LogP contribution >= 0.6 is 23.4 Å². The van der Waals surface area contributed by atoms with Gasteiger partial charge in [-0.2, -0.15) is 4.68 Å². The molecule has 0 atom stereocenters. The Labute approximate surface area is 160 Å². The molecule has 0 radical (unpaired) electrons. The summed E-state index contributed by atoms with van der Waals surface area (Å²) in [6.07, 6.45) is 0.344. The number of nitrogens with zero attached hydrogens (tertiary/aromatic N) is 4. The highest BCUT2D eigenvalue weighted by atomic mass is 35.5. The van der Waals surface area contributed by atoms with Gasteiger partial charge in [-0.05, 0) is 53.6 Å². The lowest BCUT2D eigenvalue weighted by atomic mass is 10.2. The number of hydrogen-bond donors (Lipinski definition) is 1. The second kappa shape index (κ2) is 8.33. The molecule has 0 aliphatic rings. The maximum absolute atomic E-state index is 12.1. The fraction of sp³-hybridized carbons (Fsp3) is 0.222. The van der Waals surface area contributed by atoms with E-state index in [2.05, 4.69) is 20.8 Å². The Kier molecular flexibility index (Phi) is 5.90. The van der Waals surface area contributed by atoms with Crippen LogP contribution in [0.25, 0.3) is 5.69 Å². The highest BCUT2D eigenvalue weighted by Crippen LogP contribution is 2.22. The number of carbonyl (C=O) groups is 1. The highest BCUT2D eigenvalue weighted by Gasteiger charge is 2.12. The van der Waals surface area contributed by atoms with Crippen molar-refractivity contribution in [3.8, 4) is 5.69 Å². The van der Waals surface area contributed by atoms with E-state index in [9.17, 15) is 4.79 Å². The fourth-order valence-electron chi connectivity index (χ4n) is 2.35. The molecule has 0 saturated carbocycles. The zero-order chi connectivity index (χ0) is 18.5. The molecule has 0 spiro atoms. The summed E-state index contributed by atoms with van der Waals surface area (Å²) in [5.74, 6) is 0.491. The summed E-state index contributed by atoms with van der Waals surface area (Å²) < 4.78 is 1.69. The molecule has 2 aromatic carbocycles. The van der Waals surface area contributed by atoms with Gasteiger partial charge in [0.05, 0.1) is 5.69 Å². The zero-order valence-electron chi connectivity index (χ0n) is 14.4. The SMILES string of the molecule is Cc1ccc(NC(=O)CCSc2nnnn2-c2ccccc2C)cc1Cl. The molecule has 0 bridgehead atoms. The van der Waals surface area contributed by atoms with Crippen molar-refractivity contribution in [2.75, 3.05) is 11.1 Å². The topological polar surface area (TPSA) is 72.7 Å². The molecule has 1 heterocycles. The Bertz CT molecular complexity index is 927. The lowest BCUT2D eigenvalue weighted by molar-refractivity contribution is -0.115. The summed E-state index contributed by atoms with van der Waals surface area (Å²) in [7, 11) is 0. The molecule has 0 unspecified atom stereocenters. The van der Waals surface area contributed by atoms with Crippen LogP contribution in [0.5, 0.6) is 0 Å². The molecule has 26 heavy (non-hydrogen) atoms. The number of para-hydroxylation sites is 1. The second-order valence-corrected chi connectivity index (χ2v) is 7.24. The van der Waals surface area contributed by atoms with Crippen LogP contribution in [0.2, 0.25) is 5.02 Å². The second-order valence-electron chi connectivity index (χ2n) is 5.77. The lowest BCUT2D eigenvalue weighted by Gasteiger charge is -2.08. The third-order valence-electron chi connectivity index (χ3n) is 3.80. The van der Waals surface area contributed by atoms with Crippen LogP contribution in [0.1, 0.15) is 17.5 Å². The first kappa shape index (κ1) is 18.4. The largest absolute Gasteiger partial charge is 0.326 e. The summed E-state index contributed by atoms with van der Waals surface area (Å²) in [6, 6.07) is 13.3. The van der Waals surface area contributed by atoms with E-state index in [1.165, 1.54) is 11.8 Å². The molecule has 1 N–H and O–H groups in total. The van der Waals surface area contributed by atoms with Crippen LogP contribution in [0, 0.1) is 13.8 Å². The van der Waals surface area contributed by atoms with E-state index < -0.39 is 0 Å². The molecule has 134 valence electrons. The van der Waals surface area contributed by atoms with Crippen molar-refractivity contribution in [2.45, 2.75) is 25.4 Å². The molecule has 1 aromatic heterocycles. The van der Waals surface area contributed by atoms with Gasteiger partial charge >= 0.3 is 0 Å². The first-order valence-corrected chi connectivity index (χ1v) is 9.44. The van der Waals surface area contributed by atoms with Crippen molar-refractivity contribution in [2.24, 2.45) is 0 Å². The van der Waals surface area contributed by atoms with Crippen LogP contribution in [-0.2, 0) is 4.79 Å². The number of amides is 1. The van der Waals surface area contributed by atoms with Gasteiger partial charge in [-0.1, -0.05) is 47.6 Å². The number of carbonyl (C=O) groups excluding carboxylic acids is 1. The molecule has 3 rings (SSSR count). The first-order valence-electron chi connectivity index (χ1n) is 8.08. The van der Waals surface area contributed by atoms with E-state index in [1.54, 1.807) is 10.7 Å². The average molecular weight is 388 g/mol. The van der Waals surface area contributed by atoms with Gasteiger partial charge in [0, 0.05) is 22.9 Å². The number of anilines is 1. The van der Waals surface area contributed by atoms with Crippen LogP contribution in [0.15, 0.2) is 47.6 Å². The zero-order valence-corrected chi connectivity index (χ0v) is 16.0. The molecular formula is C18H18ClN5OS. The molecule has 0 aliphatic carbocycles. The number of thioether (sulfide) groups is 1. The van der Waals surface area contributed by atoms with Crippen molar-refractivity contribution in [1.82, 2.24) is 20.2 Å². The van der Waals surface area contributed by atoms with Gasteiger partial charge in [0.2, 0.25) is 11.1 Å². The summed E-state index contributed by atoms with van der Waals surface area (Å²) >= 11 is 7.52. The normalized spacial score (nSPS) is 10.7. The number of rotatable bonds is 6. The Morgan fingerprint density at radius 1 is 1.19 bits per heavy atom. The van der Waals surface area contributed by atoms with E-state index in [4.69, 9.17) is 11.6 Å².